The van der Waals surface area contributed by atoms with Crippen LogP contribution in [0.1, 0.15) is 22.8 Å². The number of carbonyl (C=O) groups excluding carboxylic acids is 1. The van der Waals surface area contributed by atoms with E-state index < -0.39 is 5.91 Å². The number of hydrogen-bond acceptors (Lipinski definition) is 3. The van der Waals surface area contributed by atoms with Gasteiger partial charge < -0.3 is 11.1 Å². The van der Waals surface area contributed by atoms with Crippen LogP contribution in [0.5, 0.6) is 0 Å². The topological polar surface area (TPSA) is 68.0 Å². The van der Waals surface area contributed by atoms with Gasteiger partial charge in [0.25, 0.3) is 5.91 Å². The van der Waals surface area contributed by atoms with Gasteiger partial charge in [-0.05, 0) is 13.3 Å². The van der Waals surface area contributed by atoms with Crippen molar-refractivity contribution >= 4 is 23.3 Å². The van der Waals surface area contributed by atoms with Crippen LogP contribution in [-0.2, 0) is 6.42 Å². The quantitative estimate of drug-likeness (QED) is 0.733. The monoisotopic (exact) mass is 211 g/mol. The average Bonchev–Trinajstić information content (AvgIpc) is 2.46. The van der Waals surface area contributed by atoms with Gasteiger partial charge in [0.05, 0.1) is 10.6 Å². The van der Waals surface area contributed by atoms with Gasteiger partial charge in [0, 0.05) is 17.8 Å². The fourth-order valence-corrected chi connectivity index (χ4v) is 1.91. The summed E-state index contributed by atoms with van der Waals surface area (Å²) in [7, 11) is 0. The van der Waals surface area contributed by atoms with Gasteiger partial charge in [-0.15, -0.1) is 0 Å². The molecule has 3 N–H and O–H groups in total. The number of halogens is 1. The van der Waals surface area contributed by atoms with Gasteiger partial charge in [-0.1, -0.05) is 11.6 Å². The second kappa shape index (κ2) is 3.13. The van der Waals surface area contributed by atoms with Crippen molar-refractivity contribution in [3.8, 4) is 0 Å². The molecule has 0 fully saturated rings. The third-order valence-corrected chi connectivity index (χ3v) is 2.70. The minimum Gasteiger partial charge on any atom is -0.367 e. The smallest absolute Gasteiger partial charge is 0.251 e. The second-order valence-corrected chi connectivity index (χ2v) is 3.80. The number of pyridine rings is 1. The molecule has 1 aliphatic rings. The van der Waals surface area contributed by atoms with Gasteiger partial charge >= 0.3 is 0 Å². The molecule has 0 saturated carbocycles. The molecule has 2 heterocycles. The van der Waals surface area contributed by atoms with Gasteiger partial charge in [-0.25, -0.2) is 4.98 Å². The first kappa shape index (κ1) is 9.27. The molecule has 0 aromatic carbocycles. The Morgan fingerprint density at radius 3 is 3.14 bits per heavy atom. The lowest BCUT2D eigenvalue weighted by atomic mass is 10.1. The summed E-state index contributed by atoms with van der Waals surface area (Å²) in [6.45, 7) is 2.03. The number of carbonyl (C=O) groups is 1. The van der Waals surface area contributed by atoms with Crippen molar-refractivity contribution in [3.63, 3.8) is 0 Å². The van der Waals surface area contributed by atoms with Crippen molar-refractivity contribution in [2.45, 2.75) is 19.4 Å². The van der Waals surface area contributed by atoms with Crippen molar-refractivity contribution in [3.05, 3.63) is 22.3 Å². The van der Waals surface area contributed by atoms with Gasteiger partial charge in [0.2, 0.25) is 0 Å². The molecular weight excluding hydrogens is 202 g/mol. The van der Waals surface area contributed by atoms with Crippen molar-refractivity contribution in [2.75, 3.05) is 5.32 Å². The Labute approximate surface area is 86.5 Å². The van der Waals surface area contributed by atoms with E-state index in [9.17, 15) is 4.79 Å². The standard InChI is InChI=1S/C9H10ClN3O/c1-4-2-5-7(10)6(8(11)14)3-12-9(5)13-4/h3-4H,2H2,1H3,(H2,11,14)(H,12,13)/t4-/m1/s1. The molecule has 4 nitrogen and oxygen atoms in total. The third kappa shape index (κ3) is 1.32. The van der Waals surface area contributed by atoms with Crippen LogP contribution >= 0.6 is 11.6 Å². The van der Waals surface area contributed by atoms with E-state index >= 15 is 0 Å². The Kier molecular flexibility index (Phi) is 2.07. The Balaban J connectivity index is 2.53. The zero-order valence-corrected chi connectivity index (χ0v) is 8.43. The summed E-state index contributed by atoms with van der Waals surface area (Å²) in [5.74, 6) is 0.220. The maximum absolute atomic E-state index is 11.0. The minimum absolute atomic E-state index is 0.293. The number of aromatic nitrogens is 1. The SMILES string of the molecule is C[C@@H]1Cc2c(ncc(C(N)=O)c2Cl)N1. The summed E-state index contributed by atoms with van der Waals surface area (Å²) in [4.78, 5) is 15.1. The maximum Gasteiger partial charge on any atom is 0.251 e. The highest BCUT2D eigenvalue weighted by Gasteiger charge is 2.23. The highest BCUT2D eigenvalue weighted by molar-refractivity contribution is 6.34. The van der Waals surface area contributed by atoms with E-state index in [1.54, 1.807) is 0 Å². The zero-order valence-electron chi connectivity index (χ0n) is 7.67. The molecule has 0 bridgehead atoms. The van der Waals surface area contributed by atoms with E-state index in [1.165, 1.54) is 6.20 Å². The van der Waals surface area contributed by atoms with Gasteiger partial charge in [0.15, 0.2) is 0 Å². The zero-order chi connectivity index (χ0) is 10.3. The predicted molar refractivity (Wildman–Crippen MR) is 54.6 cm³/mol. The van der Waals surface area contributed by atoms with E-state index in [4.69, 9.17) is 17.3 Å². The van der Waals surface area contributed by atoms with E-state index in [0.717, 1.165) is 17.8 Å². The number of nitrogens with one attached hydrogen (secondary N) is 1. The molecule has 5 heteroatoms. The summed E-state index contributed by atoms with van der Waals surface area (Å²) in [5.41, 5.74) is 6.34. The molecule has 0 radical (unpaired) electrons. The largest absolute Gasteiger partial charge is 0.367 e. The number of primary amides is 1. The number of hydrogen-bond donors (Lipinski definition) is 2. The normalized spacial score (nSPS) is 18.9. The summed E-state index contributed by atoms with van der Waals surface area (Å²) in [6, 6.07) is 0.304. The van der Waals surface area contributed by atoms with Crippen molar-refractivity contribution in [2.24, 2.45) is 5.73 Å². The molecule has 1 aromatic rings. The fourth-order valence-electron chi connectivity index (χ4n) is 1.60. The van der Waals surface area contributed by atoms with Crippen LogP contribution in [0.25, 0.3) is 0 Å². The Bertz CT molecular complexity index is 405. The number of amides is 1. The van der Waals surface area contributed by atoms with Crippen LogP contribution in [-0.4, -0.2) is 16.9 Å². The second-order valence-electron chi connectivity index (χ2n) is 3.43. The first-order valence-electron chi connectivity index (χ1n) is 4.33. The molecule has 14 heavy (non-hydrogen) atoms. The third-order valence-electron chi connectivity index (χ3n) is 2.27. The molecular formula is C9H10ClN3O. The molecule has 1 atom stereocenters. The van der Waals surface area contributed by atoms with Crippen LogP contribution in [0.4, 0.5) is 5.82 Å². The molecule has 1 amide bonds. The summed E-state index contributed by atoms with van der Waals surface area (Å²) < 4.78 is 0. The molecule has 2 rings (SSSR count). The Morgan fingerprint density at radius 2 is 2.50 bits per heavy atom. The number of nitrogens with two attached hydrogens (primary N) is 1. The minimum atomic E-state index is -0.537. The lowest BCUT2D eigenvalue weighted by molar-refractivity contribution is 0.1000. The summed E-state index contributed by atoms with van der Waals surface area (Å²) in [5, 5.41) is 3.59. The van der Waals surface area contributed by atoms with Crippen molar-refractivity contribution in [1.29, 1.82) is 0 Å². The highest BCUT2D eigenvalue weighted by Crippen LogP contribution is 2.32. The first-order valence-corrected chi connectivity index (χ1v) is 4.71. The predicted octanol–water partition coefficient (Wildman–Crippen LogP) is 1.19. The lowest BCUT2D eigenvalue weighted by Gasteiger charge is -2.04. The first-order chi connectivity index (χ1) is 6.59. The van der Waals surface area contributed by atoms with E-state index in [0.29, 0.717) is 16.6 Å². The summed E-state index contributed by atoms with van der Waals surface area (Å²) >= 11 is 6.03. The van der Waals surface area contributed by atoms with Gasteiger partial charge in [0.1, 0.15) is 5.82 Å². The van der Waals surface area contributed by atoms with Crippen molar-refractivity contribution < 1.29 is 4.79 Å². The molecule has 0 aliphatic carbocycles. The van der Waals surface area contributed by atoms with Crippen molar-refractivity contribution in [1.82, 2.24) is 4.98 Å². The molecule has 0 spiro atoms. The number of anilines is 1. The van der Waals surface area contributed by atoms with E-state index in [1.807, 2.05) is 6.92 Å². The number of rotatable bonds is 1. The lowest BCUT2D eigenvalue weighted by Crippen LogP contribution is -2.12. The number of nitrogens with zero attached hydrogens (tertiary/aromatic N) is 1. The molecule has 0 saturated heterocycles. The van der Waals surface area contributed by atoms with Crippen LogP contribution in [0.3, 0.4) is 0 Å². The van der Waals surface area contributed by atoms with E-state index in [2.05, 4.69) is 10.3 Å². The fraction of sp³-hybridized carbons (Fsp3) is 0.333. The molecule has 0 unspecified atom stereocenters. The summed E-state index contributed by atoms with van der Waals surface area (Å²) in [6.07, 6.45) is 2.19. The average molecular weight is 212 g/mol. The molecule has 1 aliphatic heterocycles. The Morgan fingerprint density at radius 1 is 1.79 bits per heavy atom. The van der Waals surface area contributed by atoms with Crippen LogP contribution in [0.15, 0.2) is 6.20 Å². The van der Waals surface area contributed by atoms with Gasteiger partial charge in [-0.2, -0.15) is 0 Å². The molecule has 1 aromatic heterocycles. The van der Waals surface area contributed by atoms with E-state index in [-0.39, 0.29) is 0 Å². The van der Waals surface area contributed by atoms with Crippen LogP contribution in [0, 0.1) is 0 Å². The van der Waals surface area contributed by atoms with Crippen LogP contribution < -0.4 is 11.1 Å². The number of fused-ring (bicyclic) bond motifs is 1. The van der Waals surface area contributed by atoms with Gasteiger partial charge in [-0.3, -0.25) is 4.79 Å². The Hall–Kier alpha value is -1.29. The molecule has 74 valence electrons. The maximum atomic E-state index is 11.0. The van der Waals surface area contributed by atoms with Crippen LogP contribution in [0.2, 0.25) is 5.02 Å². The highest BCUT2D eigenvalue weighted by atomic mass is 35.5.